The Morgan fingerprint density at radius 3 is 2.82 bits per heavy atom. The Morgan fingerprint density at radius 1 is 1.47 bits per heavy atom. The van der Waals surface area contributed by atoms with Crippen LogP contribution in [0.1, 0.15) is 19.3 Å². The molecule has 2 saturated heterocycles. The molecule has 3 N–H and O–H groups in total. The molecular formula is C11H18N2O4. The number of amides is 1. The number of carboxylic acid groups (broad SMARTS) is 1. The van der Waals surface area contributed by atoms with Gasteiger partial charge in [0, 0.05) is 19.7 Å². The van der Waals surface area contributed by atoms with Crippen LogP contribution >= 0.6 is 0 Å². The largest absolute Gasteiger partial charge is 0.481 e. The first kappa shape index (κ1) is 12.3. The summed E-state index contributed by atoms with van der Waals surface area (Å²) in [7, 11) is 0. The fourth-order valence-corrected chi connectivity index (χ4v) is 2.43. The molecule has 0 aromatic rings. The average molecular weight is 242 g/mol. The Balaban J connectivity index is 2.01. The van der Waals surface area contributed by atoms with Gasteiger partial charge in [-0.05, 0) is 19.3 Å². The van der Waals surface area contributed by atoms with Crippen molar-refractivity contribution in [1.29, 1.82) is 0 Å². The molecule has 0 spiro atoms. The number of hydrogen-bond donors (Lipinski definition) is 2. The highest BCUT2D eigenvalue weighted by atomic mass is 16.5. The molecule has 1 unspecified atom stereocenters. The summed E-state index contributed by atoms with van der Waals surface area (Å²) in [5, 5.41) is 8.97. The van der Waals surface area contributed by atoms with Crippen LogP contribution < -0.4 is 5.73 Å². The predicted octanol–water partition coefficient (Wildman–Crippen LogP) is -0.573. The van der Waals surface area contributed by atoms with E-state index in [2.05, 4.69) is 0 Å². The van der Waals surface area contributed by atoms with Crippen molar-refractivity contribution in [2.75, 3.05) is 26.3 Å². The van der Waals surface area contributed by atoms with Gasteiger partial charge in [0.25, 0.3) is 0 Å². The van der Waals surface area contributed by atoms with E-state index in [0.29, 0.717) is 26.0 Å². The molecule has 2 atom stereocenters. The maximum Gasteiger partial charge on any atom is 0.308 e. The molecule has 0 aromatic heterocycles. The summed E-state index contributed by atoms with van der Waals surface area (Å²) < 4.78 is 5.16. The molecular weight excluding hydrogens is 224 g/mol. The second-order valence-corrected chi connectivity index (χ2v) is 4.89. The van der Waals surface area contributed by atoms with E-state index >= 15 is 0 Å². The average Bonchev–Trinajstić information content (AvgIpc) is 2.76. The van der Waals surface area contributed by atoms with Gasteiger partial charge in [0.15, 0.2) is 0 Å². The number of carbonyl (C=O) groups is 2. The number of carbonyl (C=O) groups excluding carboxylic acids is 1. The van der Waals surface area contributed by atoms with E-state index in [1.54, 1.807) is 4.90 Å². The monoisotopic (exact) mass is 242 g/mol. The van der Waals surface area contributed by atoms with Gasteiger partial charge in [-0.25, -0.2) is 0 Å². The second-order valence-electron chi connectivity index (χ2n) is 4.89. The van der Waals surface area contributed by atoms with Gasteiger partial charge in [0.2, 0.25) is 5.91 Å². The van der Waals surface area contributed by atoms with E-state index in [0.717, 1.165) is 6.42 Å². The molecule has 6 heteroatoms. The van der Waals surface area contributed by atoms with Crippen molar-refractivity contribution in [3.05, 3.63) is 0 Å². The number of likely N-dealkylation sites (tertiary alicyclic amines) is 1. The molecule has 0 aliphatic carbocycles. The molecule has 2 aliphatic rings. The van der Waals surface area contributed by atoms with Gasteiger partial charge in [-0.15, -0.1) is 0 Å². The molecule has 0 aromatic carbocycles. The number of carboxylic acids is 1. The summed E-state index contributed by atoms with van der Waals surface area (Å²) in [6, 6.07) is 0. The lowest BCUT2D eigenvalue weighted by atomic mass is 9.93. The summed E-state index contributed by atoms with van der Waals surface area (Å²) in [6.07, 6.45) is 1.87. The van der Waals surface area contributed by atoms with Gasteiger partial charge in [-0.3, -0.25) is 9.59 Å². The molecule has 2 fully saturated rings. The first-order valence-electron chi connectivity index (χ1n) is 5.92. The first-order chi connectivity index (χ1) is 8.03. The molecule has 96 valence electrons. The van der Waals surface area contributed by atoms with E-state index in [1.165, 1.54) is 0 Å². The topological polar surface area (TPSA) is 92.9 Å². The highest BCUT2D eigenvalue weighted by Gasteiger charge is 2.42. The molecule has 2 aliphatic heterocycles. The molecule has 2 rings (SSSR count). The lowest BCUT2D eigenvalue weighted by Gasteiger charge is -2.35. The number of ether oxygens (including phenoxy) is 1. The Hall–Kier alpha value is -1.14. The number of rotatable bonds is 2. The maximum absolute atomic E-state index is 12.2. The molecule has 1 amide bonds. The Bertz CT molecular complexity index is 325. The minimum Gasteiger partial charge on any atom is -0.481 e. The Labute approximate surface area is 99.7 Å². The van der Waals surface area contributed by atoms with Crippen LogP contribution in [0.2, 0.25) is 0 Å². The third-order valence-corrected chi connectivity index (χ3v) is 3.54. The highest BCUT2D eigenvalue weighted by Crippen LogP contribution is 2.23. The SMILES string of the molecule is NC1(C(=O)N2CCC[C@@H](C(=O)O)C2)CCOC1. The van der Waals surface area contributed by atoms with Crippen LogP contribution in [-0.2, 0) is 14.3 Å². The van der Waals surface area contributed by atoms with Crippen molar-refractivity contribution in [2.24, 2.45) is 11.7 Å². The van der Waals surface area contributed by atoms with E-state index in [4.69, 9.17) is 15.6 Å². The van der Waals surface area contributed by atoms with Crippen LogP contribution in [-0.4, -0.2) is 53.7 Å². The van der Waals surface area contributed by atoms with Crippen LogP contribution in [0.25, 0.3) is 0 Å². The number of hydrogen-bond acceptors (Lipinski definition) is 4. The van der Waals surface area contributed by atoms with Crippen molar-refractivity contribution in [2.45, 2.75) is 24.8 Å². The molecule has 6 nitrogen and oxygen atoms in total. The van der Waals surface area contributed by atoms with Gasteiger partial charge in [0.05, 0.1) is 12.5 Å². The summed E-state index contributed by atoms with van der Waals surface area (Å²) in [5.74, 6) is -1.46. The zero-order valence-electron chi connectivity index (χ0n) is 9.72. The Morgan fingerprint density at radius 2 is 2.24 bits per heavy atom. The van der Waals surface area contributed by atoms with Crippen LogP contribution in [0.15, 0.2) is 0 Å². The van der Waals surface area contributed by atoms with Crippen molar-refractivity contribution in [3.63, 3.8) is 0 Å². The quantitative estimate of drug-likeness (QED) is 0.676. The van der Waals surface area contributed by atoms with E-state index in [9.17, 15) is 9.59 Å². The second kappa shape index (κ2) is 4.62. The first-order valence-corrected chi connectivity index (χ1v) is 5.92. The Kier molecular flexibility index (Phi) is 3.35. The van der Waals surface area contributed by atoms with Gasteiger partial charge >= 0.3 is 5.97 Å². The van der Waals surface area contributed by atoms with Crippen LogP contribution in [0.3, 0.4) is 0 Å². The summed E-state index contributed by atoms with van der Waals surface area (Å²) in [5.41, 5.74) is 5.05. The molecule has 0 radical (unpaired) electrons. The standard InChI is InChI=1S/C11H18N2O4/c12-11(3-5-17-7-11)10(16)13-4-1-2-8(6-13)9(14)15/h8H,1-7,12H2,(H,14,15)/t8-,11?/m1/s1. The maximum atomic E-state index is 12.2. The summed E-state index contributed by atoms with van der Waals surface area (Å²) in [6.45, 7) is 1.60. The van der Waals surface area contributed by atoms with Crippen LogP contribution in [0.5, 0.6) is 0 Å². The predicted molar refractivity (Wildman–Crippen MR) is 59.3 cm³/mol. The zero-order valence-corrected chi connectivity index (χ0v) is 9.72. The fourth-order valence-electron chi connectivity index (χ4n) is 2.43. The van der Waals surface area contributed by atoms with Gasteiger partial charge in [-0.1, -0.05) is 0 Å². The van der Waals surface area contributed by atoms with Crippen molar-refractivity contribution >= 4 is 11.9 Å². The summed E-state index contributed by atoms with van der Waals surface area (Å²) in [4.78, 5) is 24.7. The number of aliphatic carboxylic acids is 1. The van der Waals surface area contributed by atoms with Gasteiger partial charge < -0.3 is 20.5 Å². The van der Waals surface area contributed by atoms with Crippen molar-refractivity contribution in [1.82, 2.24) is 4.90 Å². The summed E-state index contributed by atoms with van der Waals surface area (Å²) >= 11 is 0. The van der Waals surface area contributed by atoms with E-state index in [1.807, 2.05) is 0 Å². The van der Waals surface area contributed by atoms with E-state index in [-0.39, 0.29) is 19.1 Å². The number of nitrogens with two attached hydrogens (primary N) is 1. The van der Waals surface area contributed by atoms with Crippen molar-refractivity contribution in [3.8, 4) is 0 Å². The van der Waals surface area contributed by atoms with E-state index < -0.39 is 17.4 Å². The zero-order chi connectivity index (χ0) is 12.5. The normalized spacial score (nSPS) is 33.7. The minimum absolute atomic E-state index is 0.166. The molecule has 0 saturated carbocycles. The number of nitrogens with zero attached hydrogens (tertiary/aromatic N) is 1. The number of piperidine rings is 1. The van der Waals surface area contributed by atoms with Crippen molar-refractivity contribution < 1.29 is 19.4 Å². The van der Waals surface area contributed by atoms with Crippen LogP contribution in [0.4, 0.5) is 0 Å². The highest BCUT2D eigenvalue weighted by molar-refractivity contribution is 5.87. The van der Waals surface area contributed by atoms with Gasteiger partial charge in [-0.2, -0.15) is 0 Å². The van der Waals surface area contributed by atoms with Gasteiger partial charge in [0.1, 0.15) is 5.54 Å². The van der Waals surface area contributed by atoms with Crippen LogP contribution in [0, 0.1) is 5.92 Å². The fraction of sp³-hybridized carbons (Fsp3) is 0.818. The third kappa shape index (κ3) is 2.42. The third-order valence-electron chi connectivity index (χ3n) is 3.54. The lowest BCUT2D eigenvalue weighted by molar-refractivity contribution is -0.147. The smallest absolute Gasteiger partial charge is 0.308 e. The molecule has 17 heavy (non-hydrogen) atoms. The molecule has 2 heterocycles. The molecule has 0 bridgehead atoms. The lowest BCUT2D eigenvalue weighted by Crippen LogP contribution is -2.58. The minimum atomic E-state index is -0.944.